The zero-order chi connectivity index (χ0) is 11.0. The normalized spacial score (nSPS) is 15.8. The third-order valence-electron chi connectivity index (χ3n) is 1.83. The first-order valence-electron chi connectivity index (χ1n) is 5.20. The largest absolute Gasteiger partial charge is 0.407 e. The van der Waals surface area contributed by atoms with Gasteiger partial charge in [-0.15, -0.1) is 0 Å². The predicted octanol–water partition coefficient (Wildman–Crippen LogP) is 2.90. The Morgan fingerprint density at radius 3 is 1.93 bits per heavy atom. The van der Waals surface area contributed by atoms with Gasteiger partial charge >= 0.3 is 7.75 Å². The van der Waals surface area contributed by atoms with Crippen LogP contribution in [0.4, 0.5) is 0 Å². The summed E-state index contributed by atoms with van der Waals surface area (Å²) in [5.41, 5.74) is 0. The fourth-order valence-corrected chi connectivity index (χ4v) is 3.00. The molecule has 1 atom stereocenters. The first-order chi connectivity index (χ1) is 6.64. The van der Waals surface area contributed by atoms with E-state index in [2.05, 4.69) is 13.8 Å². The third kappa shape index (κ3) is 4.09. The molecule has 0 spiro atoms. The molecule has 0 aliphatic heterocycles. The molecule has 0 amide bonds. The first-order valence-corrected chi connectivity index (χ1v) is 6.69. The van der Waals surface area contributed by atoms with Crippen LogP contribution in [0.2, 0.25) is 0 Å². The highest BCUT2D eigenvalue weighted by Crippen LogP contribution is 2.51. The number of hydrogen-bond donors (Lipinski definition) is 0. The molecular weight excluding hydrogens is 201 g/mol. The van der Waals surface area contributed by atoms with E-state index in [1.54, 1.807) is 4.67 Å². The maximum Gasteiger partial charge on any atom is 0.407 e. The van der Waals surface area contributed by atoms with Gasteiger partial charge in [0.2, 0.25) is 0 Å². The molecule has 86 valence electrons. The number of rotatable bonds is 8. The van der Waals surface area contributed by atoms with E-state index >= 15 is 0 Å². The summed E-state index contributed by atoms with van der Waals surface area (Å²) in [6, 6.07) is 0. The van der Waals surface area contributed by atoms with E-state index in [-0.39, 0.29) is 0 Å². The first kappa shape index (κ1) is 14.1. The van der Waals surface area contributed by atoms with Gasteiger partial charge in [-0.2, -0.15) is 0 Å². The third-order valence-corrected chi connectivity index (χ3v) is 3.97. The van der Waals surface area contributed by atoms with Gasteiger partial charge in [0.05, 0.1) is 6.61 Å². The molecule has 0 aromatic heterocycles. The molecule has 0 N–H and O–H groups in total. The summed E-state index contributed by atoms with van der Waals surface area (Å²) in [7, 11) is -1.57. The maximum atomic E-state index is 12.1. The Labute approximate surface area is 87.2 Å². The molecule has 0 rings (SSSR count). The van der Waals surface area contributed by atoms with E-state index < -0.39 is 7.75 Å². The lowest BCUT2D eigenvalue weighted by molar-refractivity contribution is 0.185. The zero-order valence-corrected chi connectivity index (χ0v) is 10.5. The Hall–Kier alpha value is 0.110. The number of hydrogen-bond acceptors (Lipinski definition) is 3. The van der Waals surface area contributed by atoms with Crippen molar-refractivity contribution in [2.45, 2.75) is 33.6 Å². The standard InChI is InChI=1S/C9H22NO3P/c1-5-8-10(9-6-2)14(11,12-4)13-7-3/h5-9H2,1-4H3. The lowest BCUT2D eigenvalue weighted by Gasteiger charge is -2.28. The molecule has 1 unspecified atom stereocenters. The molecule has 0 aromatic carbocycles. The van der Waals surface area contributed by atoms with Crippen LogP contribution in [0.25, 0.3) is 0 Å². The van der Waals surface area contributed by atoms with Crippen molar-refractivity contribution >= 4 is 7.75 Å². The van der Waals surface area contributed by atoms with Crippen molar-refractivity contribution in [1.82, 2.24) is 4.67 Å². The molecule has 0 radical (unpaired) electrons. The Balaban J connectivity index is 4.46. The summed E-state index contributed by atoms with van der Waals surface area (Å²) >= 11 is 0. The average molecular weight is 223 g/mol. The van der Waals surface area contributed by atoms with Crippen molar-refractivity contribution in [1.29, 1.82) is 0 Å². The zero-order valence-electron chi connectivity index (χ0n) is 9.65. The highest BCUT2D eigenvalue weighted by molar-refractivity contribution is 7.51. The van der Waals surface area contributed by atoms with Crippen LogP contribution in [-0.2, 0) is 13.6 Å². The van der Waals surface area contributed by atoms with Crippen LogP contribution in [0, 0.1) is 0 Å². The molecule has 0 heterocycles. The molecule has 0 fully saturated rings. The van der Waals surface area contributed by atoms with Crippen LogP contribution in [0.5, 0.6) is 0 Å². The SMILES string of the molecule is CCCN(CCC)P(=O)(OC)OCC. The van der Waals surface area contributed by atoms with E-state index in [9.17, 15) is 4.57 Å². The molecular formula is C9H22NO3P. The highest BCUT2D eigenvalue weighted by atomic mass is 31.2. The molecule has 0 aliphatic rings. The van der Waals surface area contributed by atoms with Gasteiger partial charge in [-0.1, -0.05) is 13.8 Å². The maximum absolute atomic E-state index is 12.1. The summed E-state index contributed by atoms with van der Waals surface area (Å²) in [4.78, 5) is 0. The van der Waals surface area contributed by atoms with E-state index in [4.69, 9.17) is 9.05 Å². The molecule has 0 bridgehead atoms. The van der Waals surface area contributed by atoms with Crippen LogP contribution in [0.1, 0.15) is 33.6 Å². The minimum Gasteiger partial charge on any atom is -0.300 e. The summed E-state index contributed by atoms with van der Waals surface area (Å²) in [5.74, 6) is 0. The molecule has 0 aromatic rings. The smallest absolute Gasteiger partial charge is 0.300 e. The molecule has 0 saturated carbocycles. The fourth-order valence-electron chi connectivity index (χ4n) is 1.29. The van der Waals surface area contributed by atoms with Crippen molar-refractivity contribution in [3.63, 3.8) is 0 Å². The minimum absolute atomic E-state index is 0.412. The average Bonchev–Trinajstić information content (AvgIpc) is 2.18. The Morgan fingerprint density at radius 1 is 1.14 bits per heavy atom. The van der Waals surface area contributed by atoms with Gasteiger partial charge in [-0.3, -0.25) is 9.05 Å². The summed E-state index contributed by atoms with van der Waals surface area (Å²) in [5, 5.41) is 0. The van der Waals surface area contributed by atoms with Crippen LogP contribution in [0.3, 0.4) is 0 Å². The van der Waals surface area contributed by atoms with E-state index in [0.29, 0.717) is 6.61 Å². The van der Waals surface area contributed by atoms with Gasteiger partial charge in [-0.25, -0.2) is 9.24 Å². The molecule has 4 nitrogen and oxygen atoms in total. The van der Waals surface area contributed by atoms with Gasteiger partial charge in [0, 0.05) is 20.2 Å². The lowest BCUT2D eigenvalue weighted by Crippen LogP contribution is -2.24. The van der Waals surface area contributed by atoms with Crippen LogP contribution < -0.4 is 0 Å². The second-order valence-electron chi connectivity index (χ2n) is 3.02. The van der Waals surface area contributed by atoms with Gasteiger partial charge in [0.15, 0.2) is 0 Å². The van der Waals surface area contributed by atoms with Crippen LogP contribution in [-0.4, -0.2) is 31.5 Å². The molecule has 0 aliphatic carbocycles. The van der Waals surface area contributed by atoms with Crippen molar-refractivity contribution in [3.05, 3.63) is 0 Å². The van der Waals surface area contributed by atoms with Gasteiger partial charge in [-0.05, 0) is 19.8 Å². The molecule has 5 heteroatoms. The highest BCUT2D eigenvalue weighted by Gasteiger charge is 2.30. The topological polar surface area (TPSA) is 38.8 Å². The Morgan fingerprint density at radius 2 is 1.64 bits per heavy atom. The molecule has 14 heavy (non-hydrogen) atoms. The van der Waals surface area contributed by atoms with Gasteiger partial charge < -0.3 is 0 Å². The summed E-state index contributed by atoms with van der Waals surface area (Å²) in [6.07, 6.45) is 1.89. The monoisotopic (exact) mass is 223 g/mol. The van der Waals surface area contributed by atoms with Crippen LogP contribution >= 0.6 is 7.75 Å². The second kappa shape index (κ2) is 7.41. The second-order valence-corrected chi connectivity index (χ2v) is 5.15. The van der Waals surface area contributed by atoms with Crippen LogP contribution in [0.15, 0.2) is 0 Å². The van der Waals surface area contributed by atoms with Crippen molar-refractivity contribution in [3.8, 4) is 0 Å². The summed E-state index contributed by atoms with van der Waals surface area (Å²) in [6.45, 7) is 7.83. The van der Waals surface area contributed by atoms with Crippen molar-refractivity contribution in [2.75, 3.05) is 26.8 Å². The Kier molecular flexibility index (Phi) is 7.47. The van der Waals surface area contributed by atoms with E-state index in [1.165, 1.54) is 7.11 Å². The fraction of sp³-hybridized carbons (Fsp3) is 1.00. The quantitative estimate of drug-likeness (QED) is 0.593. The Bertz CT molecular complexity index is 181. The number of nitrogens with zero attached hydrogens (tertiary/aromatic N) is 1. The van der Waals surface area contributed by atoms with Gasteiger partial charge in [0.25, 0.3) is 0 Å². The molecule has 0 saturated heterocycles. The summed E-state index contributed by atoms with van der Waals surface area (Å²) < 4.78 is 24.2. The minimum atomic E-state index is -3.01. The van der Waals surface area contributed by atoms with Crippen molar-refractivity contribution < 1.29 is 13.6 Å². The van der Waals surface area contributed by atoms with E-state index in [0.717, 1.165) is 25.9 Å². The van der Waals surface area contributed by atoms with Gasteiger partial charge in [0.1, 0.15) is 0 Å². The van der Waals surface area contributed by atoms with E-state index in [1.807, 2.05) is 6.92 Å². The van der Waals surface area contributed by atoms with Crippen molar-refractivity contribution in [2.24, 2.45) is 0 Å². The lowest BCUT2D eigenvalue weighted by atomic mass is 10.4. The predicted molar refractivity (Wildman–Crippen MR) is 58.4 cm³/mol.